The third kappa shape index (κ3) is 3.36. The van der Waals surface area contributed by atoms with E-state index in [-0.39, 0.29) is 23.0 Å². The van der Waals surface area contributed by atoms with E-state index < -0.39 is 5.75 Å². The standard InChI is InChI=1S/C14H10O3.C14H10O2/c15-12-7-10-5-8-3-1-2-4-9(8)6-11(10)13(16)14(12)17;15-13-9-5-1-2-6-10(9)14(16)12-8-4-3-7-11(12)13/h1-7,15-17H;1-8,15-16H. The molecule has 0 aliphatic rings. The summed E-state index contributed by atoms with van der Waals surface area (Å²) in [6, 6.07) is 27.4. The van der Waals surface area contributed by atoms with Crippen LogP contribution < -0.4 is 0 Å². The van der Waals surface area contributed by atoms with Gasteiger partial charge in [-0.05, 0) is 34.4 Å². The summed E-state index contributed by atoms with van der Waals surface area (Å²) in [7, 11) is 0. The summed E-state index contributed by atoms with van der Waals surface area (Å²) in [5, 5.41) is 54.9. The lowest BCUT2D eigenvalue weighted by atomic mass is 10.0. The Bertz CT molecular complexity index is 1550. The zero-order valence-corrected chi connectivity index (χ0v) is 17.4. The molecule has 0 radical (unpaired) electrons. The summed E-state index contributed by atoms with van der Waals surface area (Å²) in [5.74, 6) is -0.628. The Morgan fingerprint density at radius 1 is 0.333 bits per heavy atom. The van der Waals surface area contributed by atoms with Crippen molar-refractivity contribution < 1.29 is 25.5 Å². The molecule has 0 saturated carbocycles. The van der Waals surface area contributed by atoms with Crippen LogP contribution in [0.4, 0.5) is 0 Å². The average Bonchev–Trinajstić information content (AvgIpc) is 2.85. The lowest BCUT2D eigenvalue weighted by Gasteiger charge is -2.08. The van der Waals surface area contributed by atoms with Gasteiger partial charge in [-0.3, -0.25) is 0 Å². The average molecular weight is 436 g/mol. The van der Waals surface area contributed by atoms with Gasteiger partial charge in [0.1, 0.15) is 11.5 Å². The summed E-state index contributed by atoms with van der Waals surface area (Å²) in [4.78, 5) is 0. The third-order valence-corrected chi connectivity index (χ3v) is 5.81. The van der Waals surface area contributed by atoms with E-state index in [2.05, 4.69) is 0 Å². The van der Waals surface area contributed by atoms with E-state index in [9.17, 15) is 25.5 Å². The predicted molar refractivity (Wildman–Crippen MR) is 131 cm³/mol. The first-order valence-corrected chi connectivity index (χ1v) is 10.3. The minimum Gasteiger partial charge on any atom is -0.507 e. The largest absolute Gasteiger partial charge is 0.507 e. The Morgan fingerprint density at radius 2 is 0.758 bits per heavy atom. The second kappa shape index (κ2) is 7.80. The van der Waals surface area contributed by atoms with Gasteiger partial charge in [-0.15, -0.1) is 0 Å². The summed E-state index contributed by atoms with van der Waals surface area (Å²) in [5.41, 5.74) is 0. The highest BCUT2D eigenvalue weighted by Gasteiger charge is 2.12. The van der Waals surface area contributed by atoms with Crippen LogP contribution in [0.15, 0.2) is 91.0 Å². The van der Waals surface area contributed by atoms with Gasteiger partial charge in [-0.25, -0.2) is 0 Å². The Balaban J connectivity index is 0.000000139. The lowest BCUT2D eigenvalue weighted by Crippen LogP contribution is -1.80. The molecule has 0 aliphatic carbocycles. The molecule has 6 rings (SSSR count). The molecule has 0 atom stereocenters. The molecule has 0 saturated heterocycles. The SMILES string of the molecule is Oc1c2ccccc2c(O)c2ccccc12.Oc1cc2cc3ccccc3cc2c(O)c1O. The number of rotatable bonds is 0. The maximum absolute atomic E-state index is 10.1. The summed E-state index contributed by atoms with van der Waals surface area (Å²) >= 11 is 0. The molecule has 5 heteroatoms. The predicted octanol–water partition coefficient (Wildman–Crippen LogP) is 6.51. The van der Waals surface area contributed by atoms with Crippen molar-refractivity contribution in [2.45, 2.75) is 0 Å². The molecule has 0 fully saturated rings. The van der Waals surface area contributed by atoms with Crippen molar-refractivity contribution in [2.75, 3.05) is 0 Å². The Morgan fingerprint density at radius 3 is 1.24 bits per heavy atom. The van der Waals surface area contributed by atoms with Crippen molar-refractivity contribution in [1.29, 1.82) is 0 Å². The minimum atomic E-state index is -0.479. The number of hydrogen-bond acceptors (Lipinski definition) is 5. The van der Waals surface area contributed by atoms with Crippen LogP contribution >= 0.6 is 0 Å². The van der Waals surface area contributed by atoms with Crippen LogP contribution in [0.5, 0.6) is 28.7 Å². The van der Waals surface area contributed by atoms with E-state index in [4.69, 9.17) is 0 Å². The number of phenols is 5. The normalized spacial score (nSPS) is 11.0. The van der Waals surface area contributed by atoms with Crippen molar-refractivity contribution in [3.8, 4) is 28.7 Å². The molecule has 6 aromatic rings. The van der Waals surface area contributed by atoms with Gasteiger partial charge in [0, 0.05) is 26.9 Å². The van der Waals surface area contributed by atoms with Crippen molar-refractivity contribution in [1.82, 2.24) is 0 Å². The van der Waals surface area contributed by atoms with Gasteiger partial charge in [0.05, 0.1) is 0 Å². The van der Waals surface area contributed by atoms with Gasteiger partial charge >= 0.3 is 0 Å². The first-order chi connectivity index (χ1) is 16.0. The molecule has 0 amide bonds. The molecule has 0 bridgehead atoms. The second-order valence-electron chi connectivity index (χ2n) is 7.80. The molecule has 0 aromatic heterocycles. The molecule has 0 spiro atoms. The van der Waals surface area contributed by atoms with Crippen molar-refractivity contribution in [3.05, 3.63) is 91.0 Å². The molecule has 5 N–H and O–H groups in total. The monoisotopic (exact) mass is 436 g/mol. The number of phenolic OH excluding ortho intramolecular Hbond substituents is 5. The molecule has 5 nitrogen and oxygen atoms in total. The van der Waals surface area contributed by atoms with Crippen LogP contribution in [0.25, 0.3) is 43.1 Å². The van der Waals surface area contributed by atoms with Crippen LogP contribution in [-0.4, -0.2) is 25.5 Å². The molecule has 162 valence electrons. The fourth-order valence-corrected chi connectivity index (χ4v) is 4.13. The topological polar surface area (TPSA) is 101 Å². The van der Waals surface area contributed by atoms with Gasteiger partial charge in [0.25, 0.3) is 0 Å². The Hall–Kier alpha value is -4.64. The van der Waals surface area contributed by atoms with Crippen molar-refractivity contribution >= 4 is 43.1 Å². The van der Waals surface area contributed by atoms with Crippen LogP contribution in [0.1, 0.15) is 0 Å². The van der Waals surface area contributed by atoms with Gasteiger partial charge in [-0.2, -0.15) is 0 Å². The van der Waals surface area contributed by atoms with Crippen LogP contribution in [-0.2, 0) is 0 Å². The lowest BCUT2D eigenvalue weighted by molar-refractivity contribution is 0.371. The zero-order chi connectivity index (χ0) is 23.1. The Labute approximate surface area is 188 Å². The molecule has 0 aliphatic heterocycles. The minimum absolute atomic E-state index is 0.226. The maximum Gasteiger partial charge on any atom is 0.200 e. The number of hydrogen-bond donors (Lipinski definition) is 5. The maximum atomic E-state index is 10.1. The van der Waals surface area contributed by atoms with E-state index in [1.807, 2.05) is 54.6 Å². The van der Waals surface area contributed by atoms with Crippen LogP contribution in [0.3, 0.4) is 0 Å². The van der Waals surface area contributed by atoms with Gasteiger partial charge in [-0.1, -0.05) is 72.8 Å². The van der Waals surface area contributed by atoms with E-state index in [1.165, 1.54) is 6.07 Å². The molecular weight excluding hydrogens is 416 g/mol. The highest BCUT2D eigenvalue weighted by molar-refractivity contribution is 6.10. The van der Waals surface area contributed by atoms with Gasteiger partial charge in [0.15, 0.2) is 11.5 Å². The van der Waals surface area contributed by atoms with Gasteiger partial charge < -0.3 is 25.5 Å². The summed E-state index contributed by atoms with van der Waals surface area (Å²) < 4.78 is 0. The molecule has 33 heavy (non-hydrogen) atoms. The molecule has 0 heterocycles. The summed E-state index contributed by atoms with van der Waals surface area (Å²) in [6.45, 7) is 0. The Kier molecular flexibility index (Phi) is 4.79. The van der Waals surface area contributed by atoms with E-state index >= 15 is 0 Å². The number of fused-ring (bicyclic) bond motifs is 4. The highest BCUT2D eigenvalue weighted by Crippen LogP contribution is 2.42. The summed E-state index contributed by atoms with van der Waals surface area (Å²) in [6.07, 6.45) is 0. The smallest absolute Gasteiger partial charge is 0.200 e. The highest BCUT2D eigenvalue weighted by atomic mass is 16.3. The van der Waals surface area contributed by atoms with Gasteiger partial charge in [0.2, 0.25) is 5.75 Å². The first kappa shape index (κ1) is 20.3. The quantitative estimate of drug-likeness (QED) is 0.106. The van der Waals surface area contributed by atoms with Crippen LogP contribution in [0.2, 0.25) is 0 Å². The molecule has 6 aromatic carbocycles. The first-order valence-electron chi connectivity index (χ1n) is 10.3. The fourth-order valence-electron chi connectivity index (χ4n) is 4.13. The van der Waals surface area contributed by atoms with Crippen molar-refractivity contribution in [2.24, 2.45) is 0 Å². The number of aromatic hydroxyl groups is 5. The van der Waals surface area contributed by atoms with E-state index in [0.717, 1.165) is 10.8 Å². The van der Waals surface area contributed by atoms with Crippen LogP contribution in [0, 0.1) is 0 Å². The zero-order valence-electron chi connectivity index (χ0n) is 17.4. The van der Waals surface area contributed by atoms with E-state index in [1.54, 1.807) is 30.3 Å². The molecule has 0 unspecified atom stereocenters. The van der Waals surface area contributed by atoms with E-state index in [0.29, 0.717) is 32.3 Å². The van der Waals surface area contributed by atoms with Crippen molar-refractivity contribution in [3.63, 3.8) is 0 Å². The number of benzene rings is 6. The third-order valence-electron chi connectivity index (χ3n) is 5.81. The fraction of sp³-hybridized carbons (Fsp3) is 0. The molecular formula is C28H20O5. The second-order valence-corrected chi connectivity index (χ2v) is 7.80.